The van der Waals surface area contributed by atoms with Crippen LogP contribution < -0.4 is 5.19 Å². The van der Waals surface area contributed by atoms with Crippen molar-refractivity contribution in [3.05, 3.63) is 29.8 Å². The van der Waals surface area contributed by atoms with Gasteiger partial charge in [-0.2, -0.15) is 0 Å². The zero-order valence-corrected chi connectivity index (χ0v) is 11.0. The van der Waals surface area contributed by atoms with Crippen LogP contribution in [0.1, 0.15) is 5.56 Å². The van der Waals surface area contributed by atoms with E-state index in [1.165, 1.54) is 6.04 Å². The lowest BCUT2D eigenvalue weighted by atomic mass is 10.2. The Bertz CT molecular complexity index is 267. The molecule has 0 bridgehead atoms. The van der Waals surface area contributed by atoms with E-state index < -0.39 is 0 Å². The Balaban J connectivity index is 2.91. The first-order valence-corrected chi connectivity index (χ1v) is 9.99. The predicted octanol–water partition coefficient (Wildman–Crippen LogP) is 2.48. The minimum absolute atomic E-state index is 0.126. The zero-order valence-electron chi connectivity index (χ0n) is 9.02. The maximum absolute atomic E-state index is 2.39. The molecule has 0 saturated carbocycles. The smallest absolute Gasteiger partial charge is 0.0710 e. The lowest BCUT2D eigenvalue weighted by Gasteiger charge is -2.12. The molecular formula is C11H18Si2. The Kier molecular flexibility index (Phi) is 3.94. The molecule has 1 rings (SSSR count). The van der Waals surface area contributed by atoms with E-state index in [2.05, 4.69) is 50.5 Å². The van der Waals surface area contributed by atoms with Crippen LogP contribution in [0.25, 0.3) is 0 Å². The minimum Gasteiger partial charge on any atom is -0.0710 e. The molecule has 0 atom stereocenters. The van der Waals surface area contributed by atoms with Crippen molar-refractivity contribution >= 4 is 22.8 Å². The minimum atomic E-state index is -0.271. The highest BCUT2D eigenvalue weighted by molar-refractivity contribution is 6.71. The molecule has 0 N–H and O–H groups in total. The Morgan fingerprint density at radius 3 is 2.15 bits per heavy atom. The van der Waals surface area contributed by atoms with E-state index >= 15 is 0 Å². The van der Waals surface area contributed by atoms with Gasteiger partial charge in [0.1, 0.15) is 0 Å². The van der Waals surface area contributed by atoms with Gasteiger partial charge in [0.2, 0.25) is 0 Å². The molecule has 0 aromatic heterocycles. The molecule has 0 saturated heterocycles. The van der Waals surface area contributed by atoms with Gasteiger partial charge in [0.15, 0.2) is 0 Å². The number of hydrogen-bond donors (Lipinski definition) is 0. The first-order valence-electron chi connectivity index (χ1n) is 4.78. The first kappa shape index (κ1) is 10.7. The fraction of sp³-hybridized carbons (Fsp3) is 0.455. The van der Waals surface area contributed by atoms with Crippen LogP contribution in [0.2, 0.25) is 26.2 Å². The maximum atomic E-state index is 2.39. The van der Waals surface area contributed by atoms with Crippen molar-refractivity contribution in [2.45, 2.75) is 32.2 Å². The van der Waals surface area contributed by atoms with E-state index in [-0.39, 0.29) is 17.6 Å². The molecule has 0 aliphatic heterocycles. The fourth-order valence-electron chi connectivity index (χ4n) is 1.54. The van der Waals surface area contributed by atoms with Crippen LogP contribution in [-0.4, -0.2) is 17.6 Å². The molecule has 0 spiro atoms. The topological polar surface area (TPSA) is 0 Å². The van der Waals surface area contributed by atoms with Gasteiger partial charge >= 0.3 is 0 Å². The zero-order chi connectivity index (χ0) is 9.84. The fourth-order valence-corrected chi connectivity index (χ4v) is 4.03. The van der Waals surface area contributed by atoms with Crippen molar-refractivity contribution in [2.75, 3.05) is 0 Å². The van der Waals surface area contributed by atoms with Crippen LogP contribution in [0, 0.1) is 0 Å². The average molecular weight is 206 g/mol. The van der Waals surface area contributed by atoms with Gasteiger partial charge in [-0.05, 0) is 6.04 Å². The summed E-state index contributed by atoms with van der Waals surface area (Å²) >= 11 is 0. The largest absolute Gasteiger partial charge is 0.0795 e. The van der Waals surface area contributed by atoms with Gasteiger partial charge in [-0.15, -0.1) is 0 Å². The molecule has 0 fully saturated rings. The van der Waals surface area contributed by atoms with Crippen LogP contribution in [0.15, 0.2) is 24.3 Å². The maximum Gasteiger partial charge on any atom is 0.0795 e. The standard InChI is InChI=1S/C11H18Si2/c1-12(2)9-10-7-5-6-8-11(10)13(3)4/h5-8H,9H2,1-4H3. The first-order chi connectivity index (χ1) is 6.11. The van der Waals surface area contributed by atoms with Crippen molar-refractivity contribution in [2.24, 2.45) is 0 Å². The highest BCUT2D eigenvalue weighted by Crippen LogP contribution is 2.02. The van der Waals surface area contributed by atoms with Gasteiger partial charge in [-0.3, -0.25) is 0 Å². The molecule has 0 heterocycles. The molecule has 0 aliphatic rings. The van der Waals surface area contributed by atoms with Crippen LogP contribution in [0.5, 0.6) is 0 Å². The summed E-state index contributed by atoms with van der Waals surface area (Å²) in [5, 5.41) is 1.64. The van der Waals surface area contributed by atoms with Crippen LogP contribution in [-0.2, 0) is 6.04 Å². The summed E-state index contributed by atoms with van der Waals surface area (Å²) in [4.78, 5) is 0. The van der Waals surface area contributed by atoms with Crippen molar-refractivity contribution in [1.82, 2.24) is 0 Å². The van der Waals surface area contributed by atoms with Gasteiger partial charge in [0.05, 0.1) is 8.80 Å². The van der Waals surface area contributed by atoms with Crippen molar-refractivity contribution in [3.63, 3.8) is 0 Å². The third-order valence-electron chi connectivity index (χ3n) is 2.10. The molecule has 0 nitrogen and oxygen atoms in total. The summed E-state index contributed by atoms with van der Waals surface area (Å²) in [5.74, 6) is 0. The summed E-state index contributed by atoms with van der Waals surface area (Å²) in [6, 6.07) is 10.3. The van der Waals surface area contributed by atoms with Crippen LogP contribution in [0.3, 0.4) is 0 Å². The van der Waals surface area contributed by atoms with E-state index in [9.17, 15) is 0 Å². The summed E-state index contributed by atoms with van der Waals surface area (Å²) in [6.07, 6.45) is 0. The van der Waals surface area contributed by atoms with Gasteiger partial charge in [0.25, 0.3) is 0 Å². The number of rotatable bonds is 3. The third-order valence-corrected chi connectivity index (χ3v) is 4.75. The van der Waals surface area contributed by atoms with Gasteiger partial charge < -0.3 is 0 Å². The predicted molar refractivity (Wildman–Crippen MR) is 64.7 cm³/mol. The lowest BCUT2D eigenvalue weighted by Crippen LogP contribution is -2.28. The molecule has 0 amide bonds. The average Bonchev–Trinajstić information content (AvgIpc) is 2.03. The molecule has 1 aromatic carbocycles. The van der Waals surface area contributed by atoms with Gasteiger partial charge in [-0.25, -0.2) is 0 Å². The molecule has 2 heteroatoms. The lowest BCUT2D eigenvalue weighted by molar-refractivity contribution is 1.38. The van der Waals surface area contributed by atoms with E-state index in [0.29, 0.717) is 0 Å². The monoisotopic (exact) mass is 206 g/mol. The Hall–Kier alpha value is -0.346. The highest BCUT2D eigenvalue weighted by Gasteiger charge is 2.08. The second-order valence-corrected chi connectivity index (χ2v) is 9.35. The molecule has 13 heavy (non-hydrogen) atoms. The van der Waals surface area contributed by atoms with Crippen molar-refractivity contribution < 1.29 is 0 Å². The highest BCUT2D eigenvalue weighted by atomic mass is 28.3. The Labute approximate surface area is 85.2 Å². The second kappa shape index (κ2) is 4.77. The molecule has 0 unspecified atom stereocenters. The van der Waals surface area contributed by atoms with E-state index in [0.717, 1.165) is 0 Å². The normalized spacial score (nSPS) is 11.2. The van der Waals surface area contributed by atoms with Crippen molar-refractivity contribution in [3.8, 4) is 0 Å². The summed E-state index contributed by atoms with van der Waals surface area (Å²) in [5.41, 5.74) is 1.61. The Morgan fingerprint density at radius 2 is 1.62 bits per heavy atom. The van der Waals surface area contributed by atoms with E-state index in [4.69, 9.17) is 0 Å². The summed E-state index contributed by atoms with van der Waals surface area (Å²) in [7, 11) is -0.397. The quantitative estimate of drug-likeness (QED) is 0.667. The van der Waals surface area contributed by atoms with E-state index in [1.807, 2.05) is 0 Å². The molecule has 2 radical (unpaired) electrons. The van der Waals surface area contributed by atoms with Crippen LogP contribution >= 0.6 is 0 Å². The number of hydrogen-bond acceptors (Lipinski definition) is 0. The second-order valence-electron chi connectivity index (χ2n) is 4.04. The molecule has 1 aromatic rings. The molecule has 0 aliphatic carbocycles. The van der Waals surface area contributed by atoms with Gasteiger partial charge in [-0.1, -0.05) is 61.2 Å². The van der Waals surface area contributed by atoms with Crippen molar-refractivity contribution in [1.29, 1.82) is 0 Å². The van der Waals surface area contributed by atoms with Crippen LogP contribution in [0.4, 0.5) is 0 Å². The number of benzene rings is 1. The van der Waals surface area contributed by atoms with Gasteiger partial charge in [0, 0.05) is 8.80 Å². The van der Waals surface area contributed by atoms with E-state index in [1.54, 1.807) is 10.8 Å². The third kappa shape index (κ3) is 3.12. The molecular weight excluding hydrogens is 188 g/mol. The molecule has 70 valence electrons. The Morgan fingerprint density at radius 1 is 1.00 bits per heavy atom. The summed E-state index contributed by atoms with van der Waals surface area (Å²) in [6.45, 7) is 9.53. The summed E-state index contributed by atoms with van der Waals surface area (Å²) < 4.78 is 0. The SMILES string of the molecule is C[Si](C)Cc1ccccc1[Si](C)C.